The number of hydrogen-bond acceptors (Lipinski definition) is 2. The van der Waals surface area contributed by atoms with Crippen LogP contribution in [0.5, 0.6) is 11.5 Å². The summed E-state index contributed by atoms with van der Waals surface area (Å²) in [6, 6.07) is 30.2. The number of hydrogen-bond donors (Lipinski definition) is 0. The molecule has 0 heterocycles. The van der Waals surface area contributed by atoms with Gasteiger partial charge in [0.15, 0.2) is 11.5 Å². The van der Waals surface area contributed by atoms with E-state index in [4.69, 9.17) is 9.47 Å². The summed E-state index contributed by atoms with van der Waals surface area (Å²) >= 11 is 0. The quantitative estimate of drug-likeness (QED) is 0.342. The smallest absolute Gasteiger partial charge is 0.161 e. The average Bonchev–Trinajstić information content (AvgIpc) is 2.81. The van der Waals surface area contributed by atoms with Gasteiger partial charge in [-0.25, -0.2) is 0 Å². The maximum absolute atomic E-state index is 5.58. The third-order valence-corrected chi connectivity index (χ3v) is 5.73. The normalized spacial score (nSPS) is 10.9. The van der Waals surface area contributed by atoms with Crippen molar-refractivity contribution >= 4 is 10.8 Å². The van der Waals surface area contributed by atoms with Crippen molar-refractivity contribution in [1.29, 1.82) is 0 Å². The molecule has 0 aromatic heterocycles. The van der Waals surface area contributed by atoms with E-state index >= 15 is 0 Å². The highest BCUT2D eigenvalue weighted by molar-refractivity contribution is 5.83. The summed E-state index contributed by atoms with van der Waals surface area (Å²) in [7, 11) is 3.40. The van der Waals surface area contributed by atoms with Crippen LogP contribution in [0, 0.1) is 0 Å². The van der Waals surface area contributed by atoms with Gasteiger partial charge in [-0.05, 0) is 70.8 Å². The van der Waals surface area contributed by atoms with Crippen molar-refractivity contribution in [3.8, 4) is 11.5 Å². The minimum Gasteiger partial charge on any atom is -0.493 e. The second kappa shape index (κ2) is 9.49. The zero-order chi connectivity index (χ0) is 20.8. The molecule has 0 fully saturated rings. The fourth-order valence-corrected chi connectivity index (χ4v) is 4.03. The number of methoxy groups -OCH3 is 2. The lowest BCUT2D eigenvalue weighted by atomic mass is 9.94. The van der Waals surface area contributed by atoms with E-state index in [1.54, 1.807) is 14.2 Å². The lowest BCUT2D eigenvalue weighted by Gasteiger charge is -2.15. The lowest BCUT2D eigenvalue weighted by molar-refractivity contribution is 0.354. The highest BCUT2D eigenvalue weighted by Gasteiger charge is 2.12. The summed E-state index contributed by atoms with van der Waals surface area (Å²) in [5.74, 6) is 1.60. The van der Waals surface area contributed by atoms with Gasteiger partial charge in [-0.15, -0.1) is 0 Å². The zero-order valence-electron chi connectivity index (χ0n) is 17.7. The van der Waals surface area contributed by atoms with Crippen LogP contribution in [0.15, 0.2) is 84.9 Å². The molecule has 0 atom stereocenters. The first kappa shape index (κ1) is 20.0. The molecule has 0 aliphatic carbocycles. The molecule has 2 nitrogen and oxygen atoms in total. The standard InChI is InChI=1S/C28H28O2/c1-29-27-19-25(16-12-21-8-4-3-5-9-21)26(20-28(27)30-2)17-14-22-13-15-23-10-6-7-11-24(23)18-22/h3-11,13,15,18-20H,12,14,16-17H2,1-2H3. The minimum atomic E-state index is 0.800. The van der Waals surface area contributed by atoms with Gasteiger partial charge in [-0.3, -0.25) is 0 Å². The fourth-order valence-electron chi connectivity index (χ4n) is 4.03. The van der Waals surface area contributed by atoms with Gasteiger partial charge in [0.1, 0.15) is 0 Å². The van der Waals surface area contributed by atoms with Crippen LogP contribution in [0.25, 0.3) is 10.8 Å². The topological polar surface area (TPSA) is 18.5 Å². The second-order valence-electron chi connectivity index (χ2n) is 7.64. The summed E-state index contributed by atoms with van der Waals surface area (Å²) in [4.78, 5) is 0. The molecule has 0 N–H and O–H groups in total. The first-order chi connectivity index (χ1) is 14.8. The van der Waals surface area contributed by atoms with E-state index < -0.39 is 0 Å². The van der Waals surface area contributed by atoms with Crippen LogP contribution in [0.3, 0.4) is 0 Å². The van der Waals surface area contributed by atoms with Crippen LogP contribution < -0.4 is 9.47 Å². The number of rotatable bonds is 8. The van der Waals surface area contributed by atoms with Crippen LogP contribution in [-0.2, 0) is 25.7 Å². The average molecular weight is 397 g/mol. The van der Waals surface area contributed by atoms with E-state index in [-0.39, 0.29) is 0 Å². The number of aryl methyl sites for hydroxylation is 4. The molecule has 0 bridgehead atoms. The molecule has 4 aromatic carbocycles. The van der Waals surface area contributed by atoms with E-state index in [0.717, 1.165) is 37.2 Å². The Morgan fingerprint density at radius 1 is 0.500 bits per heavy atom. The highest BCUT2D eigenvalue weighted by Crippen LogP contribution is 2.32. The van der Waals surface area contributed by atoms with Gasteiger partial charge in [0.25, 0.3) is 0 Å². The maximum Gasteiger partial charge on any atom is 0.161 e. The van der Waals surface area contributed by atoms with Crippen molar-refractivity contribution in [2.45, 2.75) is 25.7 Å². The molecule has 0 spiro atoms. The molecular formula is C28H28O2. The maximum atomic E-state index is 5.58. The van der Waals surface area contributed by atoms with Crippen LogP contribution in [0.2, 0.25) is 0 Å². The van der Waals surface area contributed by atoms with E-state index in [1.165, 1.54) is 33.0 Å². The van der Waals surface area contributed by atoms with Gasteiger partial charge in [0.05, 0.1) is 14.2 Å². The Kier molecular flexibility index (Phi) is 6.34. The summed E-state index contributed by atoms with van der Waals surface area (Å²) in [5, 5.41) is 2.59. The van der Waals surface area contributed by atoms with Crippen molar-refractivity contribution < 1.29 is 9.47 Å². The second-order valence-corrected chi connectivity index (χ2v) is 7.64. The predicted molar refractivity (Wildman–Crippen MR) is 125 cm³/mol. The Bertz CT molecular complexity index is 1120. The zero-order valence-corrected chi connectivity index (χ0v) is 17.7. The third-order valence-electron chi connectivity index (χ3n) is 5.73. The summed E-state index contributed by atoms with van der Waals surface area (Å²) in [6.07, 6.45) is 3.97. The first-order valence-electron chi connectivity index (χ1n) is 10.5. The van der Waals surface area contributed by atoms with Gasteiger partial charge >= 0.3 is 0 Å². The molecule has 0 aliphatic heterocycles. The molecule has 0 radical (unpaired) electrons. The van der Waals surface area contributed by atoms with Gasteiger partial charge in [-0.2, -0.15) is 0 Å². The Morgan fingerprint density at radius 3 is 1.70 bits per heavy atom. The van der Waals surface area contributed by atoms with Crippen LogP contribution in [0.1, 0.15) is 22.3 Å². The Balaban J connectivity index is 1.57. The van der Waals surface area contributed by atoms with Crippen LogP contribution in [-0.4, -0.2) is 14.2 Å². The van der Waals surface area contributed by atoms with Crippen molar-refractivity contribution in [3.05, 3.63) is 107 Å². The summed E-state index contributed by atoms with van der Waals surface area (Å²) in [6.45, 7) is 0. The molecule has 4 aromatic rings. The molecule has 152 valence electrons. The monoisotopic (exact) mass is 396 g/mol. The highest BCUT2D eigenvalue weighted by atomic mass is 16.5. The van der Waals surface area contributed by atoms with Crippen molar-refractivity contribution in [2.75, 3.05) is 14.2 Å². The van der Waals surface area contributed by atoms with E-state index in [9.17, 15) is 0 Å². The van der Waals surface area contributed by atoms with Crippen molar-refractivity contribution in [2.24, 2.45) is 0 Å². The molecule has 0 saturated heterocycles. The minimum absolute atomic E-state index is 0.800. The Hall–Kier alpha value is -3.26. The summed E-state index contributed by atoms with van der Waals surface area (Å²) < 4.78 is 11.1. The lowest BCUT2D eigenvalue weighted by Crippen LogP contribution is -2.02. The fraction of sp³-hybridized carbons (Fsp3) is 0.214. The number of ether oxygens (including phenoxy) is 2. The van der Waals surface area contributed by atoms with Gasteiger partial charge in [0, 0.05) is 0 Å². The van der Waals surface area contributed by atoms with Gasteiger partial charge in [-0.1, -0.05) is 72.8 Å². The third kappa shape index (κ3) is 4.65. The van der Waals surface area contributed by atoms with E-state index in [0.29, 0.717) is 0 Å². The van der Waals surface area contributed by atoms with Crippen LogP contribution in [0.4, 0.5) is 0 Å². The Morgan fingerprint density at radius 2 is 1.07 bits per heavy atom. The van der Waals surface area contributed by atoms with E-state index in [1.807, 2.05) is 0 Å². The van der Waals surface area contributed by atoms with Crippen LogP contribution >= 0.6 is 0 Å². The molecule has 0 unspecified atom stereocenters. The van der Waals surface area contributed by atoms with Gasteiger partial charge in [0.2, 0.25) is 0 Å². The number of benzene rings is 4. The van der Waals surface area contributed by atoms with Crippen molar-refractivity contribution in [1.82, 2.24) is 0 Å². The molecule has 2 heteroatoms. The number of fused-ring (bicyclic) bond motifs is 1. The summed E-state index contributed by atoms with van der Waals surface area (Å²) in [5.41, 5.74) is 5.37. The van der Waals surface area contributed by atoms with Gasteiger partial charge < -0.3 is 9.47 Å². The molecule has 4 rings (SSSR count). The molecule has 0 aliphatic rings. The first-order valence-corrected chi connectivity index (χ1v) is 10.5. The molecule has 30 heavy (non-hydrogen) atoms. The SMILES string of the molecule is COc1cc(CCc2ccccc2)c(CCc2ccc3ccccc3c2)cc1OC. The predicted octanol–water partition coefficient (Wildman–Crippen LogP) is 6.43. The Labute approximate surface area is 179 Å². The van der Waals surface area contributed by atoms with Crippen molar-refractivity contribution in [3.63, 3.8) is 0 Å². The largest absolute Gasteiger partial charge is 0.493 e. The van der Waals surface area contributed by atoms with E-state index in [2.05, 4.69) is 84.9 Å². The molecular weight excluding hydrogens is 368 g/mol. The molecule has 0 amide bonds. The molecule has 0 saturated carbocycles.